The highest BCUT2D eigenvalue weighted by atomic mass is 16.6. The van der Waals surface area contributed by atoms with Crippen LogP contribution in [0.15, 0.2) is 0 Å². The third-order valence-corrected chi connectivity index (χ3v) is 2.61. The molecule has 0 aromatic rings. The van der Waals surface area contributed by atoms with Crippen LogP contribution in [0.25, 0.3) is 0 Å². The summed E-state index contributed by atoms with van der Waals surface area (Å²) in [6, 6.07) is 0. The number of ether oxygens (including phenoxy) is 2. The highest BCUT2D eigenvalue weighted by Crippen LogP contribution is 2.22. The van der Waals surface area contributed by atoms with Crippen LogP contribution in [0.5, 0.6) is 0 Å². The van der Waals surface area contributed by atoms with E-state index in [9.17, 15) is 4.79 Å². The van der Waals surface area contributed by atoms with Crippen LogP contribution in [0.1, 0.15) is 67.7 Å². The lowest BCUT2D eigenvalue weighted by Gasteiger charge is -2.29. The minimum absolute atomic E-state index is 0.0948. The van der Waals surface area contributed by atoms with Crippen molar-refractivity contribution in [2.45, 2.75) is 85.0 Å². The van der Waals surface area contributed by atoms with Crippen molar-refractivity contribution in [1.29, 1.82) is 0 Å². The maximum absolute atomic E-state index is 11.8. The second-order valence-electron chi connectivity index (χ2n) is 7.56. The maximum Gasteiger partial charge on any atom is 0.306 e. The Kier molecular flexibility index (Phi) is 7.74. The predicted octanol–water partition coefficient (Wildman–Crippen LogP) is 3.28. The summed E-state index contributed by atoms with van der Waals surface area (Å²) in [5.41, 5.74) is 5.03. The quantitative estimate of drug-likeness (QED) is 0.730. The first kappa shape index (κ1) is 19.4. The molecule has 0 aromatic heterocycles. The normalized spacial score (nSPS) is 15.8. The summed E-state index contributed by atoms with van der Waals surface area (Å²) >= 11 is 0. The van der Waals surface area contributed by atoms with Crippen LogP contribution < -0.4 is 5.73 Å². The average Bonchev–Trinajstić information content (AvgIpc) is 2.10. The smallest absolute Gasteiger partial charge is 0.306 e. The molecule has 0 saturated carbocycles. The highest BCUT2D eigenvalue weighted by molar-refractivity contribution is 5.70. The minimum Gasteiger partial charge on any atom is -0.460 e. The highest BCUT2D eigenvalue weighted by Gasteiger charge is 2.23. The standard InChI is InChI=1S/C16H33NO3/c1-12(11-14(18)20-16(5,6)7)10-13(8-9-17)19-15(2,3)4/h12-13H,8-11,17H2,1-7H3/t12-,13-/m1/s1. The summed E-state index contributed by atoms with van der Waals surface area (Å²) in [5.74, 6) is 0.0796. The molecule has 0 aliphatic rings. The Morgan fingerprint density at radius 3 is 2.05 bits per heavy atom. The Morgan fingerprint density at radius 2 is 1.65 bits per heavy atom. The Morgan fingerprint density at radius 1 is 1.10 bits per heavy atom. The van der Waals surface area contributed by atoms with Gasteiger partial charge in [0.25, 0.3) is 0 Å². The molecule has 0 aliphatic heterocycles. The van der Waals surface area contributed by atoms with Crippen molar-refractivity contribution < 1.29 is 14.3 Å². The minimum atomic E-state index is -0.421. The molecule has 0 saturated heterocycles. The zero-order valence-corrected chi connectivity index (χ0v) is 14.3. The number of hydrogen-bond acceptors (Lipinski definition) is 4. The van der Waals surface area contributed by atoms with Crippen LogP contribution in [-0.4, -0.2) is 29.8 Å². The Bertz CT molecular complexity index is 289. The van der Waals surface area contributed by atoms with E-state index < -0.39 is 5.60 Å². The van der Waals surface area contributed by atoms with E-state index in [2.05, 4.69) is 6.92 Å². The molecular formula is C16H33NO3. The Hall–Kier alpha value is -0.610. The molecule has 0 unspecified atom stereocenters. The predicted molar refractivity (Wildman–Crippen MR) is 82.5 cm³/mol. The summed E-state index contributed by atoms with van der Waals surface area (Å²) in [6.45, 7) is 14.4. The molecule has 0 bridgehead atoms. The number of rotatable bonds is 7. The van der Waals surface area contributed by atoms with Crippen molar-refractivity contribution >= 4 is 5.97 Å². The topological polar surface area (TPSA) is 61.5 Å². The monoisotopic (exact) mass is 287 g/mol. The molecule has 2 N–H and O–H groups in total. The zero-order valence-electron chi connectivity index (χ0n) is 14.3. The van der Waals surface area contributed by atoms with E-state index in [4.69, 9.17) is 15.2 Å². The molecule has 0 aliphatic carbocycles. The number of carbonyl (C=O) groups is 1. The van der Waals surface area contributed by atoms with Gasteiger partial charge >= 0.3 is 5.97 Å². The number of nitrogens with two attached hydrogens (primary N) is 1. The van der Waals surface area contributed by atoms with Gasteiger partial charge in [-0.05, 0) is 66.8 Å². The molecule has 120 valence electrons. The zero-order chi connectivity index (χ0) is 16.0. The van der Waals surface area contributed by atoms with E-state index in [0.29, 0.717) is 13.0 Å². The van der Waals surface area contributed by atoms with E-state index in [1.807, 2.05) is 41.5 Å². The molecule has 0 fully saturated rings. The first-order valence-electron chi connectivity index (χ1n) is 7.52. The number of carbonyl (C=O) groups excluding carboxylic acids is 1. The summed E-state index contributed by atoms with van der Waals surface area (Å²) in [5, 5.41) is 0. The van der Waals surface area contributed by atoms with Crippen LogP contribution in [0.3, 0.4) is 0 Å². The van der Waals surface area contributed by atoms with Gasteiger partial charge in [-0.2, -0.15) is 0 Å². The molecule has 0 aromatic carbocycles. The van der Waals surface area contributed by atoms with Crippen molar-refractivity contribution in [3.8, 4) is 0 Å². The van der Waals surface area contributed by atoms with Crippen LogP contribution in [0.2, 0.25) is 0 Å². The maximum atomic E-state index is 11.8. The fraction of sp³-hybridized carbons (Fsp3) is 0.938. The molecule has 0 radical (unpaired) electrons. The van der Waals surface area contributed by atoms with Crippen molar-refractivity contribution in [2.75, 3.05) is 6.54 Å². The fourth-order valence-corrected chi connectivity index (χ4v) is 2.11. The number of hydrogen-bond donors (Lipinski definition) is 1. The fourth-order valence-electron chi connectivity index (χ4n) is 2.11. The molecular weight excluding hydrogens is 254 g/mol. The largest absolute Gasteiger partial charge is 0.460 e. The summed E-state index contributed by atoms with van der Waals surface area (Å²) in [7, 11) is 0. The molecule has 4 heteroatoms. The van der Waals surface area contributed by atoms with Crippen molar-refractivity contribution in [3.05, 3.63) is 0 Å². The number of esters is 1. The van der Waals surface area contributed by atoms with E-state index in [1.165, 1.54) is 0 Å². The van der Waals surface area contributed by atoms with Crippen LogP contribution in [-0.2, 0) is 14.3 Å². The van der Waals surface area contributed by atoms with Gasteiger partial charge in [-0.25, -0.2) is 0 Å². The Labute approximate surface area is 124 Å². The van der Waals surface area contributed by atoms with E-state index in [1.54, 1.807) is 0 Å². The third-order valence-electron chi connectivity index (χ3n) is 2.61. The second kappa shape index (κ2) is 7.99. The first-order valence-corrected chi connectivity index (χ1v) is 7.52. The van der Waals surface area contributed by atoms with Crippen LogP contribution in [0, 0.1) is 5.92 Å². The molecule has 0 rings (SSSR count). The van der Waals surface area contributed by atoms with Gasteiger partial charge in [0.15, 0.2) is 0 Å². The summed E-state index contributed by atoms with van der Waals surface area (Å²) in [4.78, 5) is 11.8. The first-order chi connectivity index (χ1) is 8.93. The van der Waals surface area contributed by atoms with Gasteiger partial charge in [0, 0.05) is 6.42 Å². The van der Waals surface area contributed by atoms with Crippen molar-refractivity contribution in [2.24, 2.45) is 11.7 Å². The average molecular weight is 287 g/mol. The van der Waals surface area contributed by atoms with E-state index >= 15 is 0 Å². The van der Waals surface area contributed by atoms with Crippen LogP contribution >= 0.6 is 0 Å². The Balaban J connectivity index is 4.32. The molecule has 0 heterocycles. The lowest BCUT2D eigenvalue weighted by Crippen LogP contribution is -2.31. The van der Waals surface area contributed by atoms with Gasteiger partial charge < -0.3 is 15.2 Å². The second-order valence-corrected chi connectivity index (χ2v) is 7.56. The van der Waals surface area contributed by atoms with E-state index in [-0.39, 0.29) is 23.6 Å². The van der Waals surface area contributed by atoms with Crippen LogP contribution in [0.4, 0.5) is 0 Å². The molecule has 4 nitrogen and oxygen atoms in total. The molecule has 20 heavy (non-hydrogen) atoms. The summed E-state index contributed by atoms with van der Waals surface area (Å²) < 4.78 is 11.3. The SMILES string of the molecule is C[C@@H](CC(=O)OC(C)(C)C)C[C@@H](CCN)OC(C)(C)C. The van der Waals surface area contributed by atoms with Gasteiger partial charge in [-0.3, -0.25) is 4.79 Å². The van der Waals surface area contributed by atoms with Crippen molar-refractivity contribution in [1.82, 2.24) is 0 Å². The van der Waals surface area contributed by atoms with Gasteiger partial charge in [-0.15, -0.1) is 0 Å². The van der Waals surface area contributed by atoms with E-state index in [0.717, 1.165) is 12.8 Å². The van der Waals surface area contributed by atoms with Gasteiger partial charge in [0.2, 0.25) is 0 Å². The lowest BCUT2D eigenvalue weighted by atomic mass is 9.97. The lowest BCUT2D eigenvalue weighted by molar-refractivity contribution is -0.156. The molecule has 2 atom stereocenters. The summed E-state index contributed by atoms with van der Waals surface area (Å²) in [6.07, 6.45) is 2.16. The van der Waals surface area contributed by atoms with Gasteiger partial charge in [-0.1, -0.05) is 6.92 Å². The van der Waals surface area contributed by atoms with Gasteiger partial charge in [0.1, 0.15) is 5.60 Å². The van der Waals surface area contributed by atoms with Gasteiger partial charge in [0.05, 0.1) is 11.7 Å². The molecule has 0 amide bonds. The molecule has 0 spiro atoms. The third kappa shape index (κ3) is 11.2. The van der Waals surface area contributed by atoms with Crippen molar-refractivity contribution in [3.63, 3.8) is 0 Å².